The van der Waals surface area contributed by atoms with Gasteiger partial charge in [0.05, 0.1) is 15.9 Å². The molecule has 3 N–H and O–H groups in total. The van der Waals surface area contributed by atoms with Gasteiger partial charge in [0.25, 0.3) is 0 Å². The predicted octanol–water partition coefficient (Wildman–Crippen LogP) is 8.69. The van der Waals surface area contributed by atoms with E-state index in [9.17, 15) is 0 Å². The largest absolute Gasteiger partial charge is 0.359 e. The summed E-state index contributed by atoms with van der Waals surface area (Å²) in [6, 6.07) is 9.32. The highest BCUT2D eigenvalue weighted by atomic mass is 32.1. The molecule has 40 heavy (non-hydrogen) atoms. The van der Waals surface area contributed by atoms with E-state index in [2.05, 4.69) is 78.5 Å². The Morgan fingerprint density at radius 2 is 1.95 bits per heavy atom. The molecule has 5 aromatic rings. The number of hydrogen-bond acceptors (Lipinski definition) is 5. The number of hydrogen-bond donors (Lipinski definition) is 3. The van der Waals surface area contributed by atoms with Gasteiger partial charge >= 0.3 is 0 Å². The third-order valence-corrected chi connectivity index (χ3v) is 7.47. The van der Waals surface area contributed by atoms with E-state index in [-0.39, 0.29) is 11.2 Å². The van der Waals surface area contributed by atoms with Gasteiger partial charge in [-0.15, -0.1) is 11.3 Å². The summed E-state index contributed by atoms with van der Waals surface area (Å²) in [5.74, 6) is 0.235. The average Bonchev–Trinajstić information content (AvgIpc) is 3.62. The Labute approximate surface area is 237 Å². The molecule has 0 spiro atoms. The summed E-state index contributed by atoms with van der Waals surface area (Å²) in [5, 5.41) is 11.6. The van der Waals surface area contributed by atoms with Crippen molar-refractivity contribution < 1.29 is 4.39 Å². The van der Waals surface area contributed by atoms with Gasteiger partial charge in [-0.1, -0.05) is 40.0 Å². The van der Waals surface area contributed by atoms with E-state index in [1.807, 2.05) is 31.2 Å². The Morgan fingerprint density at radius 3 is 2.62 bits per heavy atom. The van der Waals surface area contributed by atoms with Gasteiger partial charge in [0.1, 0.15) is 22.7 Å². The molecule has 0 unspecified atom stereocenters. The van der Waals surface area contributed by atoms with E-state index in [4.69, 9.17) is 4.98 Å². The number of nitrogens with one attached hydrogen (secondary N) is 3. The second kappa shape index (κ2) is 10.7. The lowest BCUT2D eigenvalue weighted by Gasteiger charge is -2.21. The molecule has 204 valence electrons. The fraction of sp³-hybridized carbons (Fsp3) is 0.219. The molecule has 0 aliphatic carbocycles. The maximum Gasteiger partial charge on any atom is 0.159 e. The van der Waals surface area contributed by atoms with E-state index < -0.39 is 0 Å². The van der Waals surface area contributed by atoms with Crippen LogP contribution in [0.3, 0.4) is 0 Å². The van der Waals surface area contributed by atoms with Crippen molar-refractivity contribution in [1.29, 1.82) is 0 Å². The maximum absolute atomic E-state index is 15.4. The van der Waals surface area contributed by atoms with Crippen molar-refractivity contribution in [3.63, 3.8) is 0 Å². The number of pyridine rings is 1. The number of rotatable bonds is 8. The minimum atomic E-state index is -0.354. The van der Waals surface area contributed by atoms with Crippen LogP contribution in [-0.2, 0) is 0 Å². The zero-order valence-corrected chi connectivity index (χ0v) is 24.3. The number of aryl methyl sites for hydroxylation is 1. The van der Waals surface area contributed by atoms with Crippen molar-refractivity contribution in [3.05, 3.63) is 95.6 Å². The molecule has 0 radical (unpaired) electrons. The van der Waals surface area contributed by atoms with Crippen LogP contribution in [0.25, 0.3) is 49.6 Å². The Bertz CT molecular complexity index is 1810. The standard InChI is InChI=1S/C32H33FN6S/c1-8-20(14-21(9-2)35-18(3)17-32(5,6)7)22-15-23-26(16-24(22)33)38-39-28(23)31-36-25-12-13-34-30(29(25)37-31)27-11-10-19(4)40-27/h8-16,35H,2-3,17H2,1,4-7H3,(H,36,37)(H,38,39)/b20-8+,21-14+. The lowest BCUT2D eigenvalue weighted by atomic mass is 9.91. The zero-order chi connectivity index (χ0) is 28.6. The molecule has 6 nitrogen and oxygen atoms in total. The molecule has 4 heterocycles. The Balaban J connectivity index is 1.55. The van der Waals surface area contributed by atoms with Gasteiger partial charge in [-0.2, -0.15) is 5.10 Å². The monoisotopic (exact) mass is 552 g/mol. The molecular weight excluding hydrogens is 519 g/mol. The summed E-state index contributed by atoms with van der Waals surface area (Å²) in [7, 11) is 0. The van der Waals surface area contributed by atoms with Gasteiger partial charge in [-0.25, -0.2) is 9.37 Å². The zero-order valence-electron chi connectivity index (χ0n) is 23.4. The molecule has 0 atom stereocenters. The molecule has 0 aliphatic heterocycles. The normalized spacial score (nSPS) is 12.8. The van der Waals surface area contributed by atoms with Crippen LogP contribution in [0.2, 0.25) is 0 Å². The highest BCUT2D eigenvalue weighted by molar-refractivity contribution is 7.15. The van der Waals surface area contributed by atoms with E-state index in [1.165, 1.54) is 10.9 Å². The lowest BCUT2D eigenvalue weighted by Crippen LogP contribution is -2.16. The van der Waals surface area contributed by atoms with Crippen molar-refractivity contribution in [3.8, 4) is 22.1 Å². The molecule has 8 heteroatoms. The van der Waals surface area contributed by atoms with Gasteiger partial charge in [-0.05, 0) is 67.7 Å². The van der Waals surface area contributed by atoms with Crippen molar-refractivity contribution in [2.24, 2.45) is 5.41 Å². The summed E-state index contributed by atoms with van der Waals surface area (Å²) >= 11 is 1.68. The van der Waals surface area contributed by atoms with Crippen LogP contribution in [0.1, 0.15) is 44.6 Å². The summed E-state index contributed by atoms with van der Waals surface area (Å²) in [6.07, 6.45) is 8.04. The molecule has 0 saturated carbocycles. The van der Waals surface area contributed by atoms with Crippen molar-refractivity contribution in [1.82, 2.24) is 30.5 Å². The number of nitrogens with zero attached hydrogens (tertiary/aromatic N) is 3. The summed E-state index contributed by atoms with van der Waals surface area (Å²) in [6.45, 7) is 18.5. The van der Waals surface area contributed by atoms with Gasteiger partial charge in [-0.3, -0.25) is 10.1 Å². The second-order valence-corrected chi connectivity index (χ2v) is 12.3. The second-order valence-electron chi connectivity index (χ2n) is 11.0. The molecule has 5 rings (SSSR count). The Morgan fingerprint density at radius 1 is 1.15 bits per heavy atom. The fourth-order valence-electron chi connectivity index (χ4n) is 4.75. The minimum Gasteiger partial charge on any atom is -0.359 e. The Kier molecular flexibility index (Phi) is 7.29. The van der Waals surface area contributed by atoms with E-state index in [0.717, 1.165) is 44.8 Å². The third kappa shape index (κ3) is 5.53. The summed E-state index contributed by atoms with van der Waals surface area (Å²) < 4.78 is 15.4. The van der Waals surface area contributed by atoms with Crippen LogP contribution in [-0.4, -0.2) is 25.1 Å². The number of imidazole rings is 1. The molecule has 0 saturated heterocycles. The third-order valence-electron chi connectivity index (χ3n) is 6.47. The number of benzene rings is 1. The number of fused-ring (bicyclic) bond motifs is 2. The van der Waals surface area contributed by atoms with Crippen LogP contribution >= 0.6 is 11.3 Å². The molecule has 0 amide bonds. The van der Waals surface area contributed by atoms with Crippen LogP contribution in [0.5, 0.6) is 0 Å². The maximum atomic E-state index is 15.4. The van der Waals surface area contributed by atoms with Gasteiger partial charge < -0.3 is 10.3 Å². The van der Waals surface area contributed by atoms with Gasteiger partial charge in [0, 0.05) is 39.5 Å². The van der Waals surface area contributed by atoms with Gasteiger partial charge in [0.15, 0.2) is 5.82 Å². The number of aromatic amines is 2. The predicted molar refractivity (Wildman–Crippen MR) is 165 cm³/mol. The first-order chi connectivity index (χ1) is 19.1. The van der Waals surface area contributed by atoms with E-state index in [1.54, 1.807) is 23.6 Å². The smallest absolute Gasteiger partial charge is 0.159 e. The topological polar surface area (TPSA) is 82.3 Å². The van der Waals surface area contributed by atoms with E-state index >= 15 is 4.39 Å². The first-order valence-electron chi connectivity index (χ1n) is 13.1. The molecule has 1 aromatic carbocycles. The molecular formula is C32H33FN6S. The Hall–Kier alpha value is -4.30. The number of aromatic nitrogens is 5. The number of halogens is 1. The minimum absolute atomic E-state index is 0.0881. The first-order valence-corrected chi connectivity index (χ1v) is 13.9. The lowest BCUT2D eigenvalue weighted by molar-refractivity contribution is 0.403. The average molecular weight is 553 g/mol. The SMILES string of the molecule is C=C/C(=C\C(=C/C)c1cc2c(-c3nc4c(-c5ccc(C)s5)nccc4[nH]3)n[nH]c2cc1F)NC(=C)CC(C)(C)C. The summed E-state index contributed by atoms with van der Waals surface area (Å²) in [4.78, 5) is 15.1. The van der Waals surface area contributed by atoms with Crippen LogP contribution in [0, 0.1) is 18.2 Å². The summed E-state index contributed by atoms with van der Waals surface area (Å²) in [5.41, 5.74) is 6.52. The highest BCUT2D eigenvalue weighted by Gasteiger charge is 2.19. The number of H-pyrrole nitrogens is 2. The molecule has 0 bridgehead atoms. The molecule has 0 aliphatic rings. The van der Waals surface area contributed by atoms with Crippen molar-refractivity contribution >= 4 is 38.8 Å². The molecule has 4 aromatic heterocycles. The quantitative estimate of drug-likeness (QED) is 0.168. The van der Waals surface area contributed by atoms with Crippen LogP contribution in [0.15, 0.2) is 79.3 Å². The number of thiophene rings is 1. The van der Waals surface area contributed by atoms with Crippen LogP contribution < -0.4 is 5.32 Å². The van der Waals surface area contributed by atoms with E-state index in [0.29, 0.717) is 28.2 Å². The van der Waals surface area contributed by atoms with Gasteiger partial charge in [0.2, 0.25) is 0 Å². The van der Waals surface area contributed by atoms with Crippen molar-refractivity contribution in [2.45, 2.75) is 41.0 Å². The van der Waals surface area contributed by atoms with Crippen LogP contribution in [0.4, 0.5) is 4.39 Å². The van der Waals surface area contributed by atoms with Crippen molar-refractivity contribution in [2.75, 3.05) is 0 Å². The highest BCUT2D eigenvalue weighted by Crippen LogP contribution is 2.35. The fourth-order valence-corrected chi connectivity index (χ4v) is 5.61. The number of allylic oxidation sites excluding steroid dienone is 5. The molecule has 0 fully saturated rings. The first kappa shape index (κ1) is 27.3.